The number of hydrogen-bond acceptors (Lipinski definition) is 4. The van der Waals surface area contributed by atoms with Crippen LogP contribution in [0.2, 0.25) is 0 Å². The maximum atomic E-state index is 5.69. The van der Waals surface area contributed by atoms with E-state index in [1.165, 1.54) is 0 Å². The molecule has 0 saturated heterocycles. The Morgan fingerprint density at radius 3 is 2.39 bits per heavy atom. The number of hydrogen-bond donors (Lipinski definition) is 1. The average Bonchev–Trinajstić information content (AvgIpc) is 2.38. The SMILES string of the molecule is COc1cccc(-c2nc(C)c(CN)c(C)n2)c1. The third-order valence-corrected chi connectivity index (χ3v) is 2.95. The third-order valence-electron chi connectivity index (χ3n) is 2.95. The molecule has 1 aromatic heterocycles. The van der Waals surface area contributed by atoms with Gasteiger partial charge in [-0.2, -0.15) is 0 Å². The summed E-state index contributed by atoms with van der Waals surface area (Å²) >= 11 is 0. The molecule has 1 aromatic carbocycles. The molecule has 0 saturated carbocycles. The fraction of sp³-hybridized carbons (Fsp3) is 0.286. The van der Waals surface area contributed by atoms with E-state index < -0.39 is 0 Å². The Labute approximate surface area is 107 Å². The maximum absolute atomic E-state index is 5.69. The number of nitrogens with two attached hydrogens (primary N) is 1. The molecule has 0 spiro atoms. The standard InChI is InChI=1S/C14H17N3O/c1-9-13(8-15)10(2)17-14(16-9)11-5-4-6-12(7-11)18-3/h4-7H,8,15H2,1-3H3. The summed E-state index contributed by atoms with van der Waals surface area (Å²) in [6, 6.07) is 7.73. The minimum Gasteiger partial charge on any atom is -0.497 e. The van der Waals surface area contributed by atoms with Crippen molar-refractivity contribution < 1.29 is 4.74 Å². The largest absolute Gasteiger partial charge is 0.497 e. The smallest absolute Gasteiger partial charge is 0.159 e. The predicted molar refractivity (Wildman–Crippen MR) is 71.4 cm³/mol. The summed E-state index contributed by atoms with van der Waals surface area (Å²) in [6.07, 6.45) is 0. The molecule has 4 heteroatoms. The molecule has 2 N–H and O–H groups in total. The molecule has 4 nitrogen and oxygen atoms in total. The van der Waals surface area contributed by atoms with Gasteiger partial charge in [0.25, 0.3) is 0 Å². The molecule has 0 unspecified atom stereocenters. The van der Waals surface area contributed by atoms with E-state index in [2.05, 4.69) is 9.97 Å². The zero-order valence-electron chi connectivity index (χ0n) is 10.9. The van der Waals surface area contributed by atoms with Crippen LogP contribution in [-0.2, 0) is 6.54 Å². The van der Waals surface area contributed by atoms with Crippen LogP contribution in [-0.4, -0.2) is 17.1 Å². The minimum absolute atomic E-state index is 0.468. The molecule has 0 amide bonds. The highest BCUT2D eigenvalue weighted by Gasteiger charge is 2.09. The van der Waals surface area contributed by atoms with Crippen LogP contribution in [0.5, 0.6) is 5.75 Å². The van der Waals surface area contributed by atoms with Gasteiger partial charge in [0, 0.05) is 29.1 Å². The van der Waals surface area contributed by atoms with Gasteiger partial charge in [-0.25, -0.2) is 9.97 Å². The van der Waals surface area contributed by atoms with Gasteiger partial charge >= 0.3 is 0 Å². The highest BCUT2D eigenvalue weighted by Crippen LogP contribution is 2.22. The normalized spacial score (nSPS) is 10.4. The Kier molecular flexibility index (Phi) is 3.58. The zero-order chi connectivity index (χ0) is 13.1. The summed E-state index contributed by atoms with van der Waals surface area (Å²) in [5.41, 5.74) is 9.52. The van der Waals surface area contributed by atoms with E-state index in [1.54, 1.807) is 7.11 Å². The Hall–Kier alpha value is -1.94. The van der Waals surface area contributed by atoms with Gasteiger partial charge in [0.15, 0.2) is 5.82 Å². The van der Waals surface area contributed by atoms with Gasteiger partial charge in [0.2, 0.25) is 0 Å². The zero-order valence-corrected chi connectivity index (χ0v) is 10.9. The molecule has 18 heavy (non-hydrogen) atoms. The van der Waals surface area contributed by atoms with Gasteiger partial charge in [-0.05, 0) is 26.0 Å². The second kappa shape index (κ2) is 5.14. The molecule has 0 fully saturated rings. The first-order chi connectivity index (χ1) is 8.65. The van der Waals surface area contributed by atoms with Gasteiger partial charge in [-0.3, -0.25) is 0 Å². The minimum atomic E-state index is 0.468. The molecular weight excluding hydrogens is 226 g/mol. The molecule has 0 aliphatic heterocycles. The number of methoxy groups -OCH3 is 1. The Bertz CT molecular complexity index is 544. The lowest BCUT2D eigenvalue weighted by molar-refractivity contribution is 0.415. The number of ether oxygens (including phenoxy) is 1. The van der Waals surface area contributed by atoms with E-state index in [-0.39, 0.29) is 0 Å². The molecule has 1 heterocycles. The maximum Gasteiger partial charge on any atom is 0.159 e. The monoisotopic (exact) mass is 243 g/mol. The van der Waals surface area contributed by atoms with Gasteiger partial charge in [0.1, 0.15) is 5.75 Å². The summed E-state index contributed by atoms with van der Waals surface area (Å²) in [5.74, 6) is 1.51. The lowest BCUT2D eigenvalue weighted by Crippen LogP contribution is -2.07. The quantitative estimate of drug-likeness (QED) is 0.898. The molecule has 0 aliphatic rings. The lowest BCUT2D eigenvalue weighted by atomic mass is 10.1. The fourth-order valence-electron chi connectivity index (χ4n) is 1.93. The first-order valence-corrected chi connectivity index (χ1v) is 5.84. The van der Waals surface area contributed by atoms with Crippen molar-refractivity contribution in [2.24, 2.45) is 5.73 Å². The summed E-state index contributed by atoms with van der Waals surface area (Å²) in [5, 5.41) is 0. The van der Waals surface area contributed by atoms with E-state index in [0.717, 1.165) is 28.3 Å². The van der Waals surface area contributed by atoms with Crippen LogP contribution >= 0.6 is 0 Å². The molecule has 94 valence electrons. The van der Waals surface area contributed by atoms with Crippen molar-refractivity contribution in [2.45, 2.75) is 20.4 Å². The van der Waals surface area contributed by atoms with Crippen LogP contribution in [0, 0.1) is 13.8 Å². The molecule has 2 rings (SSSR count). The van der Waals surface area contributed by atoms with Crippen LogP contribution < -0.4 is 10.5 Å². The van der Waals surface area contributed by atoms with Crippen LogP contribution in [0.25, 0.3) is 11.4 Å². The summed E-state index contributed by atoms with van der Waals surface area (Å²) in [7, 11) is 1.65. The summed E-state index contributed by atoms with van der Waals surface area (Å²) < 4.78 is 5.21. The molecular formula is C14H17N3O. The van der Waals surface area contributed by atoms with Gasteiger partial charge < -0.3 is 10.5 Å². The van der Waals surface area contributed by atoms with Crippen LogP contribution in [0.4, 0.5) is 0 Å². The highest BCUT2D eigenvalue weighted by atomic mass is 16.5. The van der Waals surface area contributed by atoms with E-state index in [0.29, 0.717) is 12.4 Å². The van der Waals surface area contributed by atoms with Crippen molar-refractivity contribution in [1.82, 2.24) is 9.97 Å². The number of nitrogens with zero attached hydrogens (tertiary/aromatic N) is 2. The number of aryl methyl sites for hydroxylation is 2. The van der Waals surface area contributed by atoms with Crippen molar-refractivity contribution in [2.75, 3.05) is 7.11 Å². The van der Waals surface area contributed by atoms with E-state index >= 15 is 0 Å². The van der Waals surface area contributed by atoms with Crippen LogP contribution in [0.1, 0.15) is 17.0 Å². The van der Waals surface area contributed by atoms with Crippen molar-refractivity contribution in [3.05, 3.63) is 41.2 Å². The molecule has 0 radical (unpaired) electrons. The van der Waals surface area contributed by atoms with Crippen LogP contribution in [0.15, 0.2) is 24.3 Å². The lowest BCUT2D eigenvalue weighted by Gasteiger charge is -2.09. The number of rotatable bonds is 3. The molecule has 2 aromatic rings. The summed E-state index contributed by atoms with van der Waals surface area (Å²) in [4.78, 5) is 9.01. The van der Waals surface area contributed by atoms with Crippen molar-refractivity contribution in [3.8, 4) is 17.1 Å². The molecule has 0 bridgehead atoms. The summed E-state index contributed by atoms with van der Waals surface area (Å²) in [6.45, 7) is 4.39. The van der Waals surface area contributed by atoms with Crippen molar-refractivity contribution >= 4 is 0 Å². The first-order valence-electron chi connectivity index (χ1n) is 5.84. The van der Waals surface area contributed by atoms with Gasteiger partial charge in [-0.15, -0.1) is 0 Å². The average molecular weight is 243 g/mol. The van der Waals surface area contributed by atoms with Crippen LogP contribution in [0.3, 0.4) is 0 Å². The third kappa shape index (κ3) is 2.33. The molecule has 0 aliphatic carbocycles. The fourth-order valence-corrected chi connectivity index (χ4v) is 1.93. The second-order valence-electron chi connectivity index (χ2n) is 4.13. The number of benzene rings is 1. The number of aromatic nitrogens is 2. The predicted octanol–water partition coefficient (Wildman–Crippen LogP) is 2.23. The van der Waals surface area contributed by atoms with Gasteiger partial charge in [0.05, 0.1) is 7.11 Å². The topological polar surface area (TPSA) is 61.0 Å². The van der Waals surface area contributed by atoms with E-state index in [1.807, 2.05) is 38.1 Å². The highest BCUT2D eigenvalue weighted by molar-refractivity contribution is 5.58. The first kappa shape index (κ1) is 12.5. The van der Waals surface area contributed by atoms with Gasteiger partial charge in [-0.1, -0.05) is 12.1 Å². The second-order valence-corrected chi connectivity index (χ2v) is 4.13. The Balaban J connectivity index is 2.51. The van der Waals surface area contributed by atoms with E-state index in [9.17, 15) is 0 Å². The Morgan fingerprint density at radius 1 is 1.17 bits per heavy atom. The van der Waals surface area contributed by atoms with Crippen molar-refractivity contribution in [3.63, 3.8) is 0 Å². The Morgan fingerprint density at radius 2 is 1.83 bits per heavy atom. The molecule has 0 atom stereocenters. The van der Waals surface area contributed by atoms with E-state index in [4.69, 9.17) is 10.5 Å². The van der Waals surface area contributed by atoms with Crippen molar-refractivity contribution in [1.29, 1.82) is 0 Å².